The van der Waals surface area contributed by atoms with Crippen LogP contribution in [-0.4, -0.2) is 59.3 Å². The summed E-state index contributed by atoms with van der Waals surface area (Å²) in [7, 11) is -3.67. The molecule has 9 heteroatoms. The van der Waals surface area contributed by atoms with Gasteiger partial charge in [0.15, 0.2) is 5.82 Å². The number of hydrogen-bond donors (Lipinski definition) is 0. The molecule has 2 fully saturated rings. The maximum absolute atomic E-state index is 13.1. The second-order valence-corrected chi connectivity index (χ2v) is 9.26. The molecule has 150 valence electrons. The number of aromatic nitrogens is 2. The van der Waals surface area contributed by atoms with Crippen molar-refractivity contribution in [3.8, 4) is 0 Å². The van der Waals surface area contributed by atoms with Gasteiger partial charge >= 0.3 is 0 Å². The third-order valence-corrected chi connectivity index (χ3v) is 7.46. The van der Waals surface area contributed by atoms with Crippen molar-refractivity contribution < 1.29 is 17.7 Å². The van der Waals surface area contributed by atoms with Crippen LogP contribution >= 0.6 is 0 Å². The van der Waals surface area contributed by atoms with Gasteiger partial charge in [0, 0.05) is 25.6 Å². The van der Waals surface area contributed by atoms with Crippen LogP contribution in [0.25, 0.3) is 0 Å². The summed E-state index contributed by atoms with van der Waals surface area (Å²) in [5.41, 5.74) is 0. The van der Waals surface area contributed by atoms with Gasteiger partial charge in [0.25, 0.3) is 0 Å². The Kier molecular flexibility index (Phi) is 5.20. The summed E-state index contributed by atoms with van der Waals surface area (Å²) in [6.07, 6.45) is 2.74. The number of nitrogens with zero attached hydrogens (tertiary/aromatic N) is 4. The number of piperidine rings is 1. The number of benzene rings is 1. The van der Waals surface area contributed by atoms with Gasteiger partial charge in [-0.3, -0.25) is 4.79 Å². The van der Waals surface area contributed by atoms with Gasteiger partial charge in [0.05, 0.1) is 4.90 Å². The summed E-state index contributed by atoms with van der Waals surface area (Å²) in [5, 5.41) is 3.83. The second-order valence-electron chi connectivity index (χ2n) is 7.37. The van der Waals surface area contributed by atoms with Crippen molar-refractivity contribution in [3.05, 3.63) is 42.0 Å². The number of rotatable bonds is 4. The van der Waals surface area contributed by atoms with E-state index in [9.17, 15) is 13.2 Å². The first-order valence-corrected chi connectivity index (χ1v) is 11.1. The number of carbonyl (C=O) groups is 1. The Hall–Kier alpha value is -2.26. The standard InChI is InChI=1S/C19H24N4O4S/c1-14-20-18(27-21-14)15-9-12-22(13-10-15)19(24)17-8-5-11-23(17)28(25,26)16-6-3-2-4-7-16/h2-4,6-7,15,17H,5,8-13H2,1H3. The molecule has 1 amide bonds. The molecule has 28 heavy (non-hydrogen) atoms. The third-order valence-electron chi connectivity index (χ3n) is 5.54. The van der Waals surface area contributed by atoms with E-state index < -0.39 is 16.1 Å². The average Bonchev–Trinajstić information content (AvgIpc) is 3.38. The Bertz CT molecular complexity index is 936. The van der Waals surface area contributed by atoms with Crippen molar-refractivity contribution in [1.29, 1.82) is 0 Å². The molecule has 2 aliphatic rings. The zero-order chi connectivity index (χ0) is 19.7. The summed E-state index contributed by atoms with van der Waals surface area (Å²) < 4.78 is 32.6. The fourth-order valence-electron chi connectivity index (χ4n) is 4.04. The van der Waals surface area contributed by atoms with Gasteiger partial charge in [-0.15, -0.1) is 0 Å². The molecule has 2 aromatic rings. The van der Waals surface area contributed by atoms with Crippen LogP contribution in [0.15, 0.2) is 39.8 Å². The van der Waals surface area contributed by atoms with E-state index in [0.29, 0.717) is 44.2 Å². The van der Waals surface area contributed by atoms with Gasteiger partial charge in [0.1, 0.15) is 6.04 Å². The molecular weight excluding hydrogens is 380 g/mol. The molecule has 1 atom stereocenters. The van der Waals surface area contributed by atoms with Crippen LogP contribution in [0, 0.1) is 6.92 Å². The fraction of sp³-hybridized carbons (Fsp3) is 0.526. The Morgan fingerprint density at radius 3 is 2.46 bits per heavy atom. The van der Waals surface area contributed by atoms with Crippen molar-refractivity contribution in [1.82, 2.24) is 19.3 Å². The molecule has 0 N–H and O–H groups in total. The summed E-state index contributed by atoms with van der Waals surface area (Å²) in [6.45, 7) is 3.31. The molecule has 1 aromatic carbocycles. The molecule has 3 heterocycles. The van der Waals surface area contributed by atoms with Crippen LogP contribution in [0.4, 0.5) is 0 Å². The van der Waals surface area contributed by atoms with Gasteiger partial charge < -0.3 is 9.42 Å². The first-order chi connectivity index (χ1) is 13.5. The first-order valence-electron chi connectivity index (χ1n) is 9.62. The number of likely N-dealkylation sites (tertiary alicyclic amines) is 1. The van der Waals surface area contributed by atoms with E-state index in [0.717, 1.165) is 12.8 Å². The number of hydrogen-bond acceptors (Lipinski definition) is 6. The predicted octanol–water partition coefficient (Wildman–Crippen LogP) is 1.94. The summed E-state index contributed by atoms with van der Waals surface area (Å²) in [6, 6.07) is 7.71. The lowest BCUT2D eigenvalue weighted by molar-refractivity contribution is -0.135. The molecule has 0 bridgehead atoms. The molecule has 8 nitrogen and oxygen atoms in total. The van der Waals surface area contributed by atoms with E-state index in [1.165, 1.54) is 4.31 Å². The monoisotopic (exact) mass is 404 g/mol. The summed E-state index contributed by atoms with van der Waals surface area (Å²) >= 11 is 0. The number of amides is 1. The molecule has 0 radical (unpaired) electrons. The van der Waals surface area contributed by atoms with Crippen LogP contribution in [0.3, 0.4) is 0 Å². The number of aryl methyl sites for hydroxylation is 1. The Morgan fingerprint density at radius 1 is 1.11 bits per heavy atom. The zero-order valence-electron chi connectivity index (χ0n) is 15.8. The van der Waals surface area contributed by atoms with Crippen LogP contribution in [0.2, 0.25) is 0 Å². The highest BCUT2D eigenvalue weighted by Gasteiger charge is 2.42. The summed E-state index contributed by atoms with van der Waals surface area (Å²) in [5.74, 6) is 1.29. The van der Waals surface area contributed by atoms with Crippen molar-refractivity contribution in [3.63, 3.8) is 0 Å². The Labute approximate surface area is 164 Å². The minimum atomic E-state index is -3.67. The van der Waals surface area contributed by atoms with E-state index in [2.05, 4.69) is 10.1 Å². The quantitative estimate of drug-likeness (QED) is 0.773. The van der Waals surface area contributed by atoms with Gasteiger partial charge in [-0.25, -0.2) is 8.42 Å². The third kappa shape index (κ3) is 3.56. The average molecular weight is 404 g/mol. The topological polar surface area (TPSA) is 96.6 Å². The smallest absolute Gasteiger partial charge is 0.243 e. The highest BCUT2D eigenvalue weighted by atomic mass is 32.2. The molecule has 0 saturated carbocycles. The Morgan fingerprint density at radius 2 is 1.82 bits per heavy atom. The highest BCUT2D eigenvalue weighted by Crippen LogP contribution is 2.31. The highest BCUT2D eigenvalue weighted by molar-refractivity contribution is 7.89. The van der Waals surface area contributed by atoms with Crippen LogP contribution in [0.5, 0.6) is 0 Å². The van der Waals surface area contributed by atoms with Crippen LogP contribution in [0.1, 0.15) is 43.3 Å². The first kappa shape index (κ1) is 19.1. The van der Waals surface area contributed by atoms with E-state index in [-0.39, 0.29) is 16.7 Å². The molecule has 1 unspecified atom stereocenters. The Balaban J connectivity index is 1.44. The normalized spacial score (nSPS) is 21.9. The SMILES string of the molecule is Cc1noc(C2CCN(C(=O)C3CCCN3S(=O)(=O)c3ccccc3)CC2)n1. The van der Waals surface area contributed by atoms with E-state index in [1.807, 2.05) is 0 Å². The predicted molar refractivity (Wildman–Crippen MR) is 101 cm³/mol. The van der Waals surface area contributed by atoms with Crippen LogP contribution < -0.4 is 0 Å². The van der Waals surface area contributed by atoms with E-state index in [1.54, 1.807) is 42.2 Å². The zero-order valence-corrected chi connectivity index (χ0v) is 16.6. The molecule has 2 saturated heterocycles. The number of sulfonamides is 1. The van der Waals surface area contributed by atoms with E-state index in [4.69, 9.17) is 4.52 Å². The molecule has 0 aliphatic carbocycles. The lowest BCUT2D eigenvalue weighted by Crippen LogP contribution is -2.49. The largest absolute Gasteiger partial charge is 0.341 e. The van der Waals surface area contributed by atoms with Gasteiger partial charge in [-0.1, -0.05) is 23.4 Å². The molecule has 1 aromatic heterocycles. The molecule has 2 aliphatic heterocycles. The minimum Gasteiger partial charge on any atom is -0.341 e. The van der Waals surface area contributed by atoms with Gasteiger partial charge in [0.2, 0.25) is 21.8 Å². The molecule has 4 rings (SSSR count). The van der Waals surface area contributed by atoms with Crippen molar-refractivity contribution in [2.45, 2.75) is 49.5 Å². The molecule has 0 spiro atoms. The maximum atomic E-state index is 13.1. The van der Waals surface area contributed by atoms with Gasteiger partial charge in [-0.05, 0) is 44.7 Å². The minimum absolute atomic E-state index is 0.0998. The lowest BCUT2D eigenvalue weighted by Gasteiger charge is -2.34. The lowest BCUT2D eigenvalue weighted by atomic mass is 9.96. The van der Waals surface area contributed by atoms with Crippen molar-refractivity contribution >= 4 is 15.9 Å². The second kappa shape index (κ2) is 7.63. The van der Waals surface area contributed by atoms with Gasteiger partial charge in [-0.2, -0.15) is 9.29 Å². The van der Waals surface area contributed by atoms with Crippen LogP contribution in [-0.2, 0) is 14.8 Å². The fourth-order valence-corrected chi connectivity index (χ4v) is 5.71. The molecular formula is C19H24N4O4S. The maximum Gasteiger partial charge on any atom is 0.243 e. The van der Waals surface area contributed by atoms with E-state index >= 15 is 0 Å². The summed E-state index contributed by atoms with van der Waals surface area (Å²) in [4.78, 5) is 19.4. The van der Waals surface area contributed by atoms with Crippen molar-refractivity contribution in [2.75, 3.05) is 19.6 Å². The number of carbonyl (C=O) groups excluding carboxylic acids is 1. The van der Waals surface area contributed by atoms with Crippen molar-refractivity contribution in [2.24, 2.45) is 0 Å².